The second-order valence-electron chi connectivity index (χ2n) is 5.53. The highest BCUT2D eigenvalue weighted by Crippen LogP contribution is 2.21. The van der Waals surface area contributed by atoms with Crippen molar-refractivity contribution in [2.24, 2.45) is 0 Å². The first kappa shape index (κ1) is 16.4. The molecule has 0 radical (unpaired) electrons. The molecule has 7 nitrogen and oxygen atoms in total. The highest BCUT2D eigenvalue weighted by Gasteiger charge is 2.10. The van der Waals surface area contributed by atoms with Crippen molar-refractivity contribution in [3.8, 4) is 0 Å². The van der Waals surface area contributed by atoms with E-state index in [9.17, 15) is 19.7 Å². The lowest BCUT2D eigenvalue weighted by molar-refractivity contribution is -0.384. The highest BCUT2D eigenvalue weighted by atomic mass is 16.6. The Morgan fingerprint density at radius 2 is 1.88 bits per heavy atom. The fraction of sp³-hybridized carbons (Fsp3) is 0.111. The molecular weight excluding hydrogens is 322 g/mol. The van der Waals surface area contributed by atoms with Crippen molar-refractivity contribution in [2.45, 2.75) is 13.3 Å². The molecule has 1 amide bonds. The first-order valence-electron chi connectivity index (χ1n) is 7.69. The van der Waals surface area contributed by atoms with Crippen molar-refractivity contribution in [3.05, 3.63) is 80.1 Å². The molecule has 0 unspecified atom stereocenters. The minimum absolute atomic E-state index is 0.0769. The Morgan fingerprint density at radius 1 is 1.16 bits per heavy atom. The summed E-state index contributed by atoms with van der Waals surface area (Å²) in [5, 5.41) is 14.3. The maximum Gasteiger partial charge on any atom is 0.269 e. The van der Waals surface area contributed by atoms with Gasteiger partial charge in [0, 0.05) is 34.8 Å². The summed E-state index contributed by atoms with van der Waals surface area (Å²) in [5.41, 5.74) is 2.15. The Labute approximate surface area is 142 Å². The van der Waals surface area contributed by atoms with Crippen LogP contribution in [-0.2, 0) is 6.42 Å². The predicted molar refractivity (Wildman–Crippen MR) is 95.0 cm³/mol. The summed E-state index contributed by atoms with van der Waals surface area (Å²) in [7, 11) is 0. The number of rotatable bonds is 4. The number of amides is 1. The van der Waals surface area contributed by atoms with E-state index in [-0.39, 0.29) is 17.2 Å². The van der Waals surface area contributed by atoms with Crippen molar-refractivity contribution in [1.29, 1.82) is 0 Å². The number of hydrogen-bond donors (Lipinski definition) is 2. The van der Waals surface area contributed by atoms with E-state index in [0.29, 0.717) is 16.8 Å². The van der Waals surface area contributed by atoms with Gasteiger partial charge in [-0.25, -0.2) is 0 Å². The Kier molecular flexibility index (Phi) is 4.30. The van der Waals surface area contributed by atoms with Gasteiger partial charge in [0.05, 0.1) is 10.4 Å². The molecule has 3 rings (SSSR count). The molecule has 25 heavy (non-hydrogen) atoms. The summed E-state index contributed by atoms with van der Waals surface area (Å²) in [6, 6.07) is 12.2. The average molecular weight is 337 g/mol. The van der Waals surface area contributed by atoms with Gasteiger partial charge in [0.2, 0.25) is 5.56 Å². The molecule has 126 valence electrons. The summed E-state index contributed by atoms with van der Waals surface area (Å²) >= 11 is 0. The van der Waals surface area contributed by atoms with Crippen molar-refractivity contribution in [2.75, 3.05) is 5.32 Å². The quantitative estimate of drug-likeness (QED) is 0.563. The molecule has 0 saturated heterocycles. The Bertz CT molecular complexity index is 1020. The van der Waals surface area contributed by atoms with Gasteiger partial charge >= 0.3 is 0 Å². The fourth-order valence-corrected chi connectivity index (χ4v) is 2.64. The van der Waals surface area contributed by atoms with Crippen LogP contribution < -0.4 is 10.9 Å². The number of non-ortho nitro benzene ring substituents is 1. The number of nitro benzene ring substituents is 1. The van der Waals surface area contributed by atoms with Gasteiger partial charge in [-0.3, -0.25) is 19.7 Å². The third-order valence-electron chi connectivity index (χ3n) is 3.91. The molecule has 0 aliphatic carbocycles. The second kappa shape index (κ2) is 6.56. The summed E-state index contributed by atoms with van der Waals surface area (Å²) in [4.78, 5) is 36.9. The number of aryl methyl sites for hydroxylation is 1. The van der Waals surface area contributed by atoms with Crippen LogP contribution in [-0.4, -0.2) is 15.8 Å². The number of anilines is 1. The van der Waals surface area contributed by atoms with Gasteiger partial charge in [-0.15, -0.1) is 0 Å². The smallest absolute Gasteiger partial charge is 0.269 e. The van der Waals surface area contributed by atoms with Gasteiger partial charge < -0.3 is 10.3 Å². The lowest BCUT2D eigenvalue weighted by atomic mass is 10.1. The van der Waals surface area contributed by atoms with E-state index in [4.69, 9.17) is 0 Å². The third kappa shape index (κ3) is 3.40. The molecule has 0 fully saturated rings. The Balaban J connectivity index is 1.88. The van der Waals surface area contributed by atoms with Crippen LogP contribution in [0.4, 0.5) is 11.4 Å². The zero-order valence-electron chi connectivity index (χ0n) is 13.4. The molecule has 0 saturated carbocycles. The van der Waals surface area contributed by atoms with E-state index in [0.717, 1.165) is 17.4 Å². The predicted octanol–water partition coefficient (Wildman–Crippen LogP) is 3.25. The number of aromatic nitrogens is 1. The maximum absolute atomic E-state index is 12.3. The van der Waals surface area contributed by atoms with E-state index in [1.807, 2.05) is 13.0 Å². The van der Waals surface area contributed by atoms with E-state index >= 15 is 0 Å². The molecule has 3 aromatic rings. The minimum Gasteiger partial charge on any atom is -0.322 e. The molecule has 1 aromatic heterocycles. The summed E-state index contributed by atoms with van der Waals surface area (Å²) in [5.74, 6) is -0.386. The lowest BCUT2D eigenvalue weighted by Crippen LogP contribution is -2.12. The van der Waals surface area contributed by atoms with Crippen molar-refractivity contribution in [1.82, 2.24) is 4.98 Å². The Morgan fingerprint density at radius 3 is 2.52 bits per heavy atom. The van der Waals surface area contributed by atoms with Gasteiger partial charge in [0.1, 0.15) is 0 Å². The largest absolute Gasteiger partial charge is 0.322 e. The number of H-pyrrole nitrogens is 1. The molecule has 0 spiro atoms. The standard InChI is InChI=1S/C18H15N3O4/c1-2-11-9-17(22)20-16-10-13(5-8-15(11)16)19-18(23)12-3-6-14(7-4-12)21(24)25/h3-10H,2H2,1H3,(H,19,23)(H,20,22). The third-order valence-corrected chi connectivity index (χ3v) is 3.91. The van der Waals surface area contributed by atoms with Gasteiger partial charge in [-0.05, 0) is 36.2 Å². The topological polar surface area (TPSA) is 105 Å². The molecule has 0 aliphatic rings. The van der Waals surface area contributed by atoms with Crippen LogP contribution in [0, 0.1) is 10.1 Å². The average Bonchev–Trinajstić information content (AvgIpc) is 2.60. The molecule has 1 heterocycles. The van der Waals surface area contributed by atoms with E-state index in [1.165, 1.54) is 24.3 Å². The lowest BCUT2D eigenvalue weighted by Gasteiger charge is -2.08. The summed E-state index contributed by atoms with van der Waals surface area (Å²) in [6.45, 7) is 1.97. The number of nitro groups is 1. The van der Waals surface area contributed by atoms with Gasteiger partial charge in [0.15, 0.2) is 0 Å². The molecule has 2 aromatic carbocycles. The highest BCUT2D eigenvalue weighted by molar-refractivity contribution is 6.05. The molecule has 0 bridgehead atoms. The zero-order valence-corrected chi connectivity index (χ0v) is 13.4. The van der Waals surface area contributed by atoms with Crippen LogP contribution in [0.15, 0.2) is 53.3 Å². The molecular formula is C18H15N3O4. The van der Waals surface area contributed by atoms with Crippen LogP contribution in [0.3, 0.4) is 0 Å². The van der Waals surface area contributed by atoms with Crippen LogP contribution in [0.25, 0.3) is 10.9 Å². The van der Waals surface area contributed by atoms with Gasteiger partial charge in [-0.2, -0.15) is 0 Å². The van der Waals surface area contributed by atoms with Gasteiger partial charge in [0.25, 0.3) is 11.6 Å². The molecule has 2 N–H and O–H groups in total. The zero-order chi connectivity index (χ0) is 18.0. The Hall–Kier alpha value is -3.48. The maximum atomic E-state index is 12.3. The molecule has 0 atom stereocenters. The first-order valence-corrected chi connectivity index (χ1v) is 7.69. The molecule has 7 heteroatoms. The van der Waals surface area contributed by atoms with E-state index in [1.54, 1.807) is 18.2 Å². The number of hydrogen-bond acceptors (Lipinski definition) is 4. The minimum atomic E-state index is -0.521. The summed E-state index contributed by atoms with van der Waals surface area (Å²) in [6.07, 6.45) is 0.731. The van der Waals surface area contributed by atoms with E-state index in [2.05, 4.69) is 10.3 Å². The van der Waals surface area contributed by atoms with Crippen molar-refractivity contribution < 1.29 is 9.72 Å². The molecule has 0 aliphatic heterocycles. The van der Waals surface area contributed by atoms with Crippen molar-refractivity contribution in [3.63, 3.8) is 0 Å². The van der Waals surface area contributed by atoms with Gasteiger partial charge in [-0.1, -0.05) is 13.0 Å². The monoisotopic (exact) mass is 337 g/mol. The summed E-state index contributed by atoms with van der Waals surface area (Å²) < 4.78 is 0. The van der Waals surface area contributed by atoms with Crippen LogP contribution in [0.1, 0.15) is 22.8 Å². The number of pyridine rings is 1. The van der Waals surface area contributed by atoms with Crippen LogP contribution >= 0.6 is 0 Å². The number of carbonyl (C=O) groups excluding carboxylic acids is 1. The number of nitrogens with one attached hydrogen (secondary N) is 2. The van der Waals surface area contributed by atoms with E-state index < -0.39 is 4.92 Å². The SMILES string of the molecule is CCc1cc(=O)[nH]c2cc(NC(=O)c3ccc([N+](=O)[O-])cc3)ccc12. The normalized spacial score (nSPS) is 10.6. The number of benzene rings is 2. The number of fused-ring (bicyclic) bond motifs is 1. The fourth-order valence-electron chi connectivity index (χ4n) is 2.64. The van der Waals surface area contributed by atoms with Crippen molar-refractivity contribution >= 4 is 28.2 Å². The first-order chi connectivity index (χ1) is 12.0. The number of nitrogens with zero attached hydrogens (tertiary/aromatic N) is 1. The van der Waals surface area contributed by atoms with Crippen LogP contribution in [0.2, 0.25) is 0 Å². The second-order valence-corrected chi connectivity index (χ2v) is 5.53. The number of carbonyl (C=O) groups is 1. The number of aromatic amines is 1. The van der Waals surface area contributed by atoms with Crippen LogP contribution in [0.5, 0.6) is 0 Å².